The minimum atomic E-state index is -0.814. The van der Waals surface area contributed by atoms with Gasteiger partial charge in [0.25, 0.3) is 0 Å². The number of ether oxygens (including phenoxy) is 1. The summed E-state index contributed by atoms with van der Waals surface area (Å²) in [6, 6.07) is -0.598. The highest BCUT2D eigenvalue weighted by Crippen LogP contribution is 2.35. The van der Waals surface area contributed by atoms with Gasteiger partial charge in [-0.2, -0.15) is 0 Å². The summed E-state index contributed by atoms with van der Waals surface area (Å²) < 4.78 is 4.91. The lowest BCUT2D eigenvalue weighted by molar-refractivity contribution is -0.151. The first-order chi connectivity index (χ1) is 9.52. The van der Waals surface area contributed by atoms with E-state index >= 15 is 0 Å². The molecule has 20 heavy (non-hydrogen) atoms. The van der Waals surface area contributed by atoms with E-state index in [1.165, 1.54) is 0 Å². The molecule has 0 aromatic carbocycles. The van der Waals surface area contributed by atoms with E-state index < -0.39 is 17.4 Å². The molecule has 1 fully saturated rings. The van der Waals surface area contributed by atoms with E-state index in [9.17, 15) is 14.7 Å². The number of carbonyl (C=O) groups excluding carboxylic acids is 1. The number of carboxylic acids is 1. The summed E-state index contributed by atoms with van der Waals surface area (Å²) in [5.74, 6) is -1.09. The number of amides is 1. The number of methoxy groups -OCH3 is 1. The summed E-state index contributed by atoms with van der Waals surface area (Å²) in [6.45, 7) is 0.749. The smallest absolute Gasteiger partial charge is 0.311 e. The third kappa shape index (κ3) is 4.76. The average molecular weight is 286 g/mol. The van der Waals surface area contributed by atoms with Crippen molar-refractivity contribution in [1.29, 1.82) is 0 Å². The predicted molar refractivity (Wildman–Crippen MR) is 75.2 cm³/mol. The molecule has 0 spiro atoms. The van der Waals surface area contributed by atoms with E-state index in [2.05, 4.69) is 5.32 Å². The molecule has 4 N–H and O–H groups in total. The molecule has 0 bridgehead atoms. The first-order valence-corrected chi connectivity index (χ1v) is 7.27. The highest BCUT2D eigenvalue weighted by molar-refractivity contribution is 5.82. The highest BCUT2D eigenvalue weighted by atomic mass is 16.5. The van der Waals surface area contributed by atoms with Gasteiger partial charge in [0.15, 0.2) is 0 Å². The standard InChI is InChI=1S/C14H26N2O4/c1-20-9-5-6-11(15)12(17)16-10-14(13(18)19)7-3-2-4-8-14/h11H,2-10,15H2,1H3,(H,16,17)(H,18,19). The quantitative estimate of drug-likeness (QED) is 0.575. The Morgan fingerprint density at radius 3 is 2.55 bits per heavy atom. The van der Waals surface area contributed by atoms with Gasteiger partial charge >= 0.3 is 5.97 Å². The van der Waals surface area contributed by atoms with Crippen LogP contribution in [0.1, 0.15) is 44.9 Å². The average Bonchev–Trinajstić information content (AvgIpc) is 2.45. The van der Waals surface area contributed by atoms with Gasteiger partial charge < -0.3 is 20.9 Å². The van der Waals surface area contributed by atoms with Gasteiger partial charge in [-0.05, 0) is 25.7 Å². The largest absolute Gasteiger partial charge is 0.481 e. The maximum absolute atomic E-state index is 11.9. The summed E-state index contributed by atoms with van der Waals surface area (Å²) in [5.41, 5.74) is 4.97. The minimum Gasteiger partial charge on any atom is -0.481 e. The van der Waals surface area contributed by atoms with Crippen LogP contribution in [0.5, 0.6) is 0 Å². The molecule has 1 amide bonds. The van der Waals surface area contributed by atoms with E-state index in [0.29, 0.717) is 25.9 Å². The summed E-state index contributed by atoms with van der Waals surface area (Å²) in [5, 5.41) is 12.1. The number of hydrogen-bond donors (Lipinski definition) is 3. The molecule has 1 saturated carbocycles. The van der Waals surface area contributed by atoms with Crippen molar-refractivity contribution in [3.63, 3.8) is 0 Å². The van der Waals surface area contributed by atoms with Crippen LogP contribution in [0.4, 0.5) is 0 Å². The molecule has 1 atom stereocenters. The van der Waals surface area contributed by atoms with Crippen LogP contribution in [0, 0.1) is 5.41 Å². The molecule has 6 heteroatoms. The van der Waals surface area contributed by atoms with Crippen LogP contribution >= 0.6 is 0 Å². The van der Waals surface area contributed by atoms with Crippen LogP contribution < -0.4 is 11.1 Å². The van der Waals surface area contributed by atoms with Gasteiger partial charge in [0.05, 0.1) is 11.5 Å². The second kappa shape index (κ2) is 8.21. The molecule has 1 aliphatic rings. The number of aliphatic carboxylic acids is 1. The van der Waals surface area contributed by atoms with Crippen molar-refractivity contribution < 1.29 is 19.4 Å². The van der Waals surface area contributed by atoms with Gasteiger partial charge in [-0.3, -0.25) is 9.59 Å². The van der Waals surface area contributed by atoms with E-state index in [-0.39, 0.29) is 12.5 Å². The number of carboxylic acid groups (broad SMARTS) is 1. The molecule has 0 heterocycles. The maximum atomic E-state index is 11.9. The predicted octanol–water partition coefficient (Wildman–Crippen LogP) is 0.892. The first kappa shape index (κ1) is 16.9. The maximum Gasteiger partial charge on any atom is 0.311 e. The van der Waals surface area contributed by atoms with Crippen LogP contribution in [-0.4, -0.2) is 43.3 Å². The molecule has 1 unspecified atom stereocenters. The van der Waals surface area contributed by atoms with Crippen molar-refractivity contribution in [2.45, 2.75) is 51.0 Å². The SMILES string of the molecule is COCCCC(N)C(=O)NCC1(C(=O)O)CCCCC1. The van der Waals surface area contributed by atoms with Crippen LogP contribution in [0.25, 0.3) is 0 Å². The fraction of sp³-hybridized carbons (Fsp3) is 0.857. The minimum absolute atomic E-state index is 0.180. The normalized spacial score (nSPS) is 19.3. The van der Waals surface area contributed by atoms with Gasteiger partial charge in [-0.1, -0.05) is 19.3 Å². The summed E-state index contributed by atoms with van der Waals surface area (Å²) >= 11 is 0. The van der Waals surface area contributed by atoms with Crippen molar-refractivity contribution in [2.24, 2.45) is 11.1 Å². The van der Waals surface area contributed by atoms with Gasteiger partial charge in [0.2, 0.25) is 5.91 Å². The molecule has 116 valence electrons. The number of nitrogens with two attached hydrogens (primary N) is 1. The lowest BCUT2D eigenvalue weighted by Gasteiger charge is -2.33. The van der Waals surface area contributed by atoms with Gasteiger partial charge in [0.1, 0.15) is 0 Å². The molecule has 6 nitrogen and oxygen atoms in total. The monoisotopic (exact) mass is 286 g/mol. The zero-order valence-electron chi connectivity index (χ0n) is 12.2. The Bertz CT molecular complexity index is 327. The zero-order chi connectivity index (χ0) is 15.0. The number of nitrogens with one attached hydrogen (secondary N) is 1. The molecular weight excluding hydrogens is 260 g/mol. The third-order valence-electron chi connectivity index (χ3n) is 4.07. The van der Waals surface area contributed by atoms with Crippen molar-refractivity contribution in [3.05, 3.63) is 0 Å². The highest BCUT2D eigenvalue weighted by Gasteiger charge is 2.39. The van der Waals surface area contributed by atoms with Crippen molar-refractivity contribution >= 4 is 11.9 Å². The van der Waals surface area contributed by atoms with E-state index in [1.807, 2.05) is 0 Å². The number of rotatable bonds is 8. The second-order valence-corrected chi connectivity index (χ2v) is 5.61. The van der Waals surface area contributed by atoms with E-state index in [1.54, 1.807) is 7.11 Å². The first-order valence-electron chi connectivity index (χ1n) is 7.27. The molecule has 0 aliphatic heterocycles. The summed E-state index contributed by atoms with van der Waals surface area (Å²) in [7, 11) is 1.60. The molecular formula is C14H26N2O4. The van der Waals surface area contributed by atoms with E-state index in [4.69, 9.17) is 10.5 Å². The summed E-state index contributed by atoms with van der Waals surface area (Å²) in [4.78, 5) is 23.3. The Hall–Kier alpha value is -1.14. The van der Waals surface area contributed by atoms with Gasteiger partial charge in [-0.15, -0.1) is 0 Å². The van der Waals surface area contributed by atoms with Crippen molar-refractivity contribution in [1.82, 2.24) is 5.32 Å². The Labute approximate surface area is 120 Å². The molecule has 1 rings (SSSR count). The Kier molecular flexibility index (Phi) is 6.95. The zero-order valence-corrected chi connectivity index (χ0v) is 12.2. The van der Waals surface area contributed by atoms with Crippen LogP contribution in [0.15, 0.2) is 0 Å². The molecule has 0 aromatic heterocycles. The topological polar surface area (TPSA) is 102 Å². The van der Waals surface area contributed by atoms with Gasteiger partial charge in [-0.25, -0.2) is 0 Å². The lowest BCUT2D eigenvalue weighted by Crippen LogP contribution is -2.48. The molecule has 0 radical (unpaired) electrons. The van der Waals surface area contributed by atoms with Crippen LogP contribution in [0.3, 0.4) is 0 Å². The third-order valence-corrected chi connectivity index (χ3v) is 4.07. The number of carbonyl (C=O) groups is 2. The Morgan fingerprint density at radius 2 is 2.00 bits per heavy atom. The lowest BCUT2D eigenvalue weighted by atomic mass is 9.74. The summed E-state index contributed by atoms with van der Waals surface area (Å²) in [6.07, 6.45) is 5.39. The molecule has 0 saturated heterocycles. The van der Waals surface area contributed by atoms with Gasteiger partial charge in [0, 0.05) is 20.3 Å². The molecule has 1 aliphatic carbocycles. The van der Waals surface area contributed by atoms with Crippen LogP contribution in [-0.2, 0) is 14.3 Å². The Morgan fingerprint density at radius 1 is 1.35 bits per heavy atom. The van der Waals surface area contributed by atoms with Crippen LogP contribution in [0.2, 0.25) is 0 Å². The fourth-order valence-corrected chi connectivity index (χ4v) is 2.66. The number of hydrogen-bond acceptors (Lipinski definition) is 4. The molecule has 0 aromatic rings. The van der Waals surface area contributed by atoms with E-state index in [0.717, 1.165) is 25.7 Å². The Balaban J connectivity index is 2.42. The second-order valence-electron chi connectivity index (χ2n) is 5.61. The van der Waals surface area contributed by atoms with Crippen molar-refractivity contribution in [3.8, 4) is 0 Å². The van der Waals surface area contributed by atoms with Crippen molar-refractivity contribution in [2.75, 3.05) is 20.3 Å². The fourth-order valence-electron chi connectivity index (χ4n) is 2.66.